The average Bonchev–Trinajstić information content (AvgIpc) is 2.94. The summed E-state index contributed by atoms with van der Waals surface area (Å²) in [4.78, 5) is 27.9. The molecule has 0 spiro atoms. The Morgan fingerprint density at radius 2 is 1.82 bits per heavy atom. The van der Waals surface area contributed by atoms with E-state index in [0.717, 1.165) is 0 Å². The van der Waals surface area contributed by atoms with Gasteiger partial charge in [-0.25, -0.2) is 13.2 Å². The number of methoxy groups -OCH3 is 1. The molecule has 0 unspecified atom stereocenters. The zero-order valence-corrected chi connectivity index (χ0v) is 17.6. The van der Waals surface area contributed by atoms with Crippen LogP contribution in [0.5, 0.6) is 0 Å². The third-order valence-electron chi connectivity index (χ3n) is 4.92. The zero-order chi connectivity index (χ0) is 20.7. The van der Waals surface area contributed by atoms with E-state index < -0.39 is 16.0 Å². The Kier molecular flexibility index (Phi) is 7.97. The fourth-order valence-corrected chi connectivity index (χ4v) is 4.78. The van der Waals surface area contributed by atoms with E-state index in [1.807, 2.05) is 18.7 Å². The lowest BCUT2D eigenvalue weighted by Gasteiger charge is -2.25. The Hall–Kier alpha value is -1.97. The van der Waals surface area contributed by atoms with Crippen molar-refractivity contribution in [1.82, 2.24) is 14.1 Å². The molecule has 8 nitrogen and oxygen atoms in total. The summed E-state index contributed by atoms with van der Waals surface area (Å²) in [6, 6.07) is 5.88. The minimum Gasteiger partial charge on any atom is -0.465 e. The Balaban J connectivity index is 2.08. The maximum absolute atomic E-state index is 13.0. The summed E-state index contributed by atoms with van der Waals surface area (Å²) in [6.45, 7) is 7.36. The first-order chi connectivity index (χ1) is 13.3. The van der Waals surface area contributed by atoms with Crippen molar-refractivity contribution in [1.29, 1.82) is 0 Å². The van der Waals surface area contributed by atoms with Gasteiger partial charge in [-0.15, -0.1) is 0 Å². The van der Waals surface area contributed by atoms with Crippen molar-refractivity contribution >= 4 is 21.9 Å². The minimum absolute atomic E-state index is 0.0621. The Bertz CT molecular complexity index is 793. The fourth-order valence-electron chi connectivity index (χ4n) is 3.26. The van der Waals surface area contributed by atoms with Gasteiger partial charge >= 0.3 is 5.97 Å². The number of nitrogens with zero attached hydrogens (tertiary/aromatic N) is 3. The van der Waals surface area contributed by atoms with Crippen molar-refractivity contribution in [2.45, 2.75) is 25.2 Å². The first kappa shape index (κ1) is 22.3. The van der Waals surface area contributed by atoms with Gasteiger partial charge in [-0.1, -0.05) is 6.07 Å². The van der Waals surface area contributed by atoms with Crippen LogP contribution in [0.15, 0.2) is 29.2 Å². The molecule has 2 rings (SSSR count). The summed E-state index contributed by atoms with van der Waals surface area (Å²) >= 11 is 0. The van der Waals surface area contributed by atoms with Gasteiger partial charge in [0.25, 0.3) is 0 Å². The molecular weight excluding hydrogens is 382 g/mol. The number of likely N-dealkylation sites (N-methyl/N-ethyl adjacent to an activating group) is 1. The van der Waals surface area contributed by atoms with Gasteiger partial charge in [0.1, 0.15) is 0 Å². The van der Waals surface area contributed by atoms with Crippen LogP contribution in [0, 0.1) is 0 Å². The Morgan fingerprint density at radius 1 is 1.11 bits per heavy atom. The maximum atomic E-state index is 13.0. The number of esters is 1. The summed E-state index contributed by atoms with van der Waals surface area (Å²) in [5.74, 6) is -0.513. The van der Waals surface area contributed by atoms with Crippen LogP contribution >= 0.6 is 0 Å². The van der Waals surface area contributed by atoms with E-state index in [1.54, 1.807) is 4.90 Å². The fraction of sp³-hybridized carbons (Fsp3) is 0.579. The molecule has 1 saturated heterocycles. The Morgan fingerprint density at radius 3 is 2.46 bits per heavy atom. The molecule has 28 heavy (non-hydrogen) atoms. The number of sulfonamides is 1. The number of hydrogen-bond acceptors (Lipinski definition) is 6. The van der Waals surface area contributed by atoms with E-state index in [9.17, 15) is 18.0 Å². The molecule has 1 amide bonds. The second-order valence-electron chi connectivity index (χ2n) is 6.62. The van der Waals surface area contributed by atoms with Crippen molar-refractivity contribution in [2.24, 2.45) is 0 Å². The first-order valence-corrected chi connectivity index (χ1v) is 11.0. The van der Waals surface area contributed by atoms with Crippen LogP contribution in [0.3, 0.4) is 0 Å². The molecule has 0 bridgehead atoms. The van der Waals surface area contributed by atoms with Gasteiger partial charge in [0.15, 0.2) is 0 Å². The number of carbonyl (C=O) groups excluding carboxylic acids is 2. The summed E-state index contributed by atoms with van der Waals surface area (Å²) < 4.78 is 32.1. The number of hydrogen-bond donors (Lipinski definition) is 0. The molecule has 9 heteroatoms. The molecule has 0 aliphatic carbocycles. The molecule has 0 N–H and O–H groups in total. The van der Waals surface area contributed by atoms with Gasteiger partial charge in [-0.2, -0.15) is 4.31 Å². The highest BCUT2D eigenvalue weighted by molar-refractivity contribution is 7.89. The molecule has 156 valence electrons. The zero-order valence-electron chi connectivity index (χ0n) is 16.8. The Labute approximate surface area is 167 Å². The molecule has 0 saturated carbocycles. The predicted octanol–water partition coefficient (Wildman–Crippen LogP) is 1.04. The lowest BCUT2D eigenvalue weighted by Crippen LogP contribution is -2.42. The average molecular weight is 412 g/mol. The third kappa shape index (κ3) is 5.30. The minimum atomic E-state index is -3.72. The first-order valence-electron chi connectivity index (χ1n) is 9.52. The molecule has 0 atom stereocenters. The van der Waals surface area contributed by atoms with Crippen LogP contribution in [-0.4, -0.2) is 87.3 Å². The molecule has 1 aromatic rings. The van der Waals surface area contributed by atoms with E-state index in [2.05, 4.69) is 4.74 Å². The number of ether oxygens (including phenoxy) is 1. The molecule has 1 aliphatic rings. The van der Waals surface area contributed by atoms with Gasteiger partial charge in [-0.3, -0.25) is 9.69 Å². The summed E-state index contributed by atoms with van der Waals surface area (Å²) in [5, 5.41) is 0. The van der Waals surface area contributed by atoms with Crippen LogP contribution in [0.1, 0.15) is 30.6 Å². The van der Waals surface area contributed by atoms with E-state index in [1.165, 1.54) is 35.7 Å². The van der Waals surface area contributed by atoms with Gasteiger partial charge in [0, 0.05) is 32.7 Å². The van der Waals surface area contributed by atoms with Crippen molar-refractivity contribution in [3.05, 3.63) is 29.8 Å². The largest absolute Gasteiger partial charge is 0.465 e. The van der Waals surface area contributed by atoms with Crippen LogP contribution < -0.4 is 0 Å². The van der Waals surface area contributed by atoms with Crippen molar-refractivity contribution in [2.75, 3.05) is 52.9 Å². The number of rotatable bonds is 7. The number of benzene rings is 1. The van der Waals surface area contributed by atoms with Crippen LogP contribution in [-0.2, 0) is 19.6 Å². The highest BCUT2D eigenvalue weighted by Gasteiger charge is 2.28. The van der Waals surface area contributed by atoms with Crippen LogP contribution in [0.4, 0.5) is 0 Å². The highest BCUT2D eigenvalue weighted by Crippen LogP contribution is 2.19. The molecular formula is C19H29N3O5S. The van der Waals surface area contributed by atoms with Crippen molar-refractivity contribution in [3.8, 4) is 0 Å². The van der Waals surface area contributed by atoms with E-state index >= 15 is 0 Å². The maximum Gasteiger partial charge on any atom is 0.337 e. The molecule has 0 radical (unpaired) electrons. The lowest BCUT2D eigenvalue weighted by atomic mass is 10.2. The quantitative estimate of drug-likeness (QED) is 0.623. The monoisotopic (exact) mass is 411 g/mol. The van der Waals surface area contributed by atoms with E-state index in [4.69, 9.17) is 0 Å². The van der Waals surface area contributed by atoms with Crippen LogP contribution in [0.25, 0.3) is 0 Å². The van der Waals surface area contributed by atoms with Gasteiger partial charge in [0.2, 0.25) is 15.9 Å². The predicted molar refractivity (Wildman–Crippen MR) is 106 cm³/mol. The van der Waals surface area contributed by atoms with E-state index in [0.29, 0.717) is 52.2 Å². The summed E-state index contributed by atoms with van der Waals surface area (Å²) in [5.41, 5.74) is 0.199. The van der Waals surface area contributed by atoms with E-state index in [-0.39, 0.29) is 16.4 Å². The van der Waals surface area contributed by atoms with Crippen molar-refractivity contribution in [3.63, 3.8) is 0 Å². The van der Waals surface area contributed by atoms with Gasteiger partial charge in [-0.05, 0) is 45.0 Å². The second-order valence-corrected chi connectivity index (χ2v) is 8.56. The molecule has 1 fully saturated rings. The highest BCUT2D eigenvalue weighted by atomic mass is 32.2. The van der Waals surface area contributed by atoms with Crippen LogP contribution in [0.2, 0.25) is 0 Å². The lowest BCUT2D eigenvalue weighted by molar-refractivity contribution is -0.132. The number of amides is 1. The second kappa shape index (κ2) is 9.99. The molecule has 1 aromatic carbocycles. The number of carbonyl (C=O) groups is 2. The normalized spacial score (nSPS) is 16.4. The molecule has 0 aromatic heterocycles. The standard InChI is InChI=1S/C19H29N3O5S/c1-4-21(5-2)18(23)15-20-10-7-11-22(13-12-20)28(25,26)17-9-6-8-16(14-17)19(24)27-3/h6,8-9,14H,4-5,7,10-13,15H2,1-3H3. The van der Waals surface area contributed by atoms with Crippen molar-refractivity contribution < 1.29 is 22.7 Å². The molecule has 1 heterocycles. The SMILES string of the molecule is CCN(CC)C(=O)CN1CCCN(S(=O)(=O)c2cccc(C(=O)OC)c2)CC1. The smallest absolute Gasteiger partial charge is 0.337 e. The molecule has 1 aliphatic heterocycles. The van der Waals surface area contributed by atoms with Gasteiger partial charge < -0.3 is 9.64 Å². The third-order valence-corrected chi connectivity index (χ3v) is 6.81. The van der Waals surface area contributed by atoms with Gasteiger partial charge in [0.05, 0.1) is 24.1 Å². The summed E-state index contributed by atoms with van der Waals surface area (Å²) in [6.07, 6.45) is 0.640. The summed E-state index contributed by atoms with van der Waals surface area (Å²) in [7, 11) is -2.47. The topological polar surface area (TPSA) is 87.2 Å².